The second kappa shape index (κ2) is 5.47. The first-order valence-electron chi connectivity index (χ1n) is 5.90. The number of benzene rings is 1. The lowest BCUT2D eigenvalue weighted by atomic mass is 9.87. The maximum Gasteiger partial charge on any atom is 0.253 e. The molecule has 1 aromatic rings. The van der Waals surface area contributed by atoms with Crippen LogP contribution in [0, 0.1) is 8.99 Å². The van der Waals surface area contributed by atoms with Gasteiger partial charge in [0.2, 0.25) is 0 Å². The van der Waals surface area contributed by atoms with Gasteiger partial charge in [-0.15, -0.1) is 0 Å². The monoisotopic (exact) mass is 361 g/mol. The van der Waals surface area contributed by atoms with E-state index in [9.17, 15) is 9.90 Å². The molecular weight excluding hydrogens is 341 g/mol. The van der Waals surface area contributed by atoms with Gasteiger partial charge in [0.05, 0.1) is 3.57 Å². The Morgan fingerprint density at radius 2 is 1.94 bits per heavy atom. The second-order valence-electron chi connectivity index (χ2n) is 5.62. The van der Waals surface area contributed by atoms with E-state index in [2.05, 4.69) is 20.8 Å². The molecule has 0 saturated heterocycles. The van der Waals surface area contributed by atoms with Crippen molar-refractivity contribution in [2.75, 3.05) is 7.05 Å². The van der Waals surface area contributed by atoms with Crippen molar-refractivity contribution < 1.29 is 9.90 Å². The van der Waals surface area contributed by atoms with Gasteiger partial charge in [-0.1, -0.05) is 20.8 Å². The van der Waals surface area contributed by atoms with Crippen LogP contribution in [-0.2, 0) is 0 Å². The number of nitrogens with zero attached hydrogens (tertiary/aromatic N) is 1. The highest BCUT2D eigenvalue weighted by Gasteiger charge is 2.27. The van der Waals surface area contributed by atoms with E-state index in [4.69, 9.17) is 0 Å². The normalized spacial score (nSPS) is 13.2. The van der Waals surface area contributed by atoms with Crippen molar-refractivity contribution in [3.63, 3.8) is 0 Å². The number of halogens is 1. The zero-order valence-corrected chi connectivity index (χ0v) is 13.6. The fraction of sp³-hybridized carbons (Fsp3) is 0.500. The first-order chi connectivity index (χ1) is 8.14. The van der Waals surface area contributed by atoms with Gasteiger partial charge < -0.3 is 10.0 Å². The lowest BCUT2D eigenvalue weighted by Crippen LogP contribution is -2.42. The first-order valence-corrected chi connectivity index (χ1v) is 6.98. The number of hydrogen-bond acceptors (Lipinski definition) is 2. The lowest BCUT2D eigenvalue weighted by Gasteiger charge is -2.35. The zero-order chi connectivity index (χ0) is 14.1. The first kappa shape index (κ1) is 15.3. The number of carbonyl (C=O) groups excluding carboxylic acids is 1. The number of hydrogen-bond donors (Lipinski definition) is 1. The van der Waals surface area contributed by atoms with Gasteiger partial charge in [-0.25, -0.2) is 0 Å². The van der Waals surface area contributed by atoms with Crippen LogP contribution in [0.4, 0.5) is 0 Å². The largest absolute Gasteiger partial charge is 0.507 e. The number of phenols is 1. The third-order valence-corrected chi connectivity index (χ3v) is 4.26. The Kier molecular flexibility index (Phi) is 4.64. The predicted octanol–water partition coefficient (Wildman–Crippen LogP) is 3.50. The lowest BCUT2D eigenvalue weighted by molar-refractivity contribution is 0.0629. The summed E-state index contributed by atoms with van der Waals surface area (Å²) in [6.45, 7) is 8.34. The second-order valence-corrected chi connectivity index (χ2v) is 6.79. The van der Waals surface area contributed by atoms with E-state index < -0.39 is 0 Å². The predicted molar refractivity (Wildman–Crippen MR) is 81.8 cm³/mol. The third kappa shape index (κ3) is 3.37. The fourth-order valence-corrected chi connectivity index (χ4v) is 1.94. The minimum absolute atomic E-state index is 0.0235. The third-order valence-electron chi connectivity index (χ3n) is 3.35. The van der Waals surface area contributed by atoms with E-state index in [1.807, 2.05) is 29.5 Å². The number of rotatable bonds is 2. The van der Waals surface area contributed by atoms with Crippen LogP contribution in [0.2, 0.25) is 0 Å². The molecule has 0 bridgehead atoms. The summed E-state index contributed by atoms with van der Waals surface area (Å²) in [6, 6.07) is 5.14. The average Bonchev–Trinajstić information content (AvgIpc) is 2.28. The fourth-order valence-electron chi connectivity index (χ4n) is 1.61. The molecule has 4 heteroatoms. The van der Waals surface area contributed by atoms with E-state index in [0.717, 1.165) is 3.57 Å². The van der Waals surface area contributed by atoms with Gasteiger partial charge in [0.15, 0.2) is 0 Å². The Labute approximate surface area is 122 Å². The maximum absolute atomic E-state index is 12.3. The number of amides is 1. The Morgan fingerprint density at radius 1 is 1.39 bits per heavy atom. The SMILES string of the molecule is CC(N(C)C(=O)c1ccc(I)c(O)c1)C(C)(C)C. The van der Waals surface area contributed by atoms with Crippen molar-refractivity contribution in [1.29, 1.82) is 0 Å². The Bertz CT molecular complexity index is 452. The highest BCUT2D eigenvalue weighted by atomic mass is 127. The zero-order valence-electron chi connectivity index (χ0n) is 11.5. The molecule has 0 aliphatic rings. The quantitative estimate of drug-likeness (QED) is 0.820. The minimum Gasteiger partial charge on any atom is -0.507 e. The van der Waals surface area contributed by atoms with E-state index in [0.29, 0.717) is 5.56 Å². The van der Waals surface area contributed by atoms with Crippen LogP contribution in [0.5, 0.6) is 5.75 Å². The van der Waals surface area contributed by atoms with Crippen LogP contribution >= 0.6 is 22.6 Å². The molecule has 1 aromatic carbocycles. The van der Waals surface area contributed by atoms with Crippen LogP contribution in [0.3, 0.4) is 0 Å². The van der Waals surface area contributed by atoms with Crippen molar-refractivity contribution in [2.45, 2.75) is 33.7 Å². The van der Waals surface area contributed by atoms with Crippen LogP contribution in [0.15, 0.2) is 18.2 Å². The molecule has 0 spiro atoms. The molecule has 1 N–H and O–H groups in total. The van der Waals surface area contributed by atoms with E-state index >= 15 is 0 Å². The highest BCUT2D eigenvalue weighted by molar-refractivity contribution is 14.1. The van der Waals surface area contributed by atoms with Gasteiger partial charge in [-0.05, 0) is 53.1 Å². The summed E-state index contributed by atoms with van der Waals surface area (Å²) in [6.07, 6.45) is 0. The summed E-state index contributed by atoms with van der Waals surface area (Å²) in [5.41, 5.74) is 0.543. The molecule has 0 radical (unpaired) electrons. The average molecular weight is 361 g/mol. The molecule has 0 aliphatic carbocycles. The summed E-state index contributed by atoms with van der Waals surface area (Å²) in [5.74, 6) is 0.0855. The van der Waals surface area contributed by atoms with Crippen molar-refractivity contribution in [2.24, 2.45) is 5.41 Å². The molecule has 0 fully saturated rings. The highest BCUT2D eigenvalue weighted by Crippen LogP contribution is 2.26. The molecule has 100 valence electrons. The van der Waals surface area contributed by atoms with Gasteiger partial charge in [-0.2, -0.15) is 0 Å². The molecule has 18 heavy (non-hydrogen) atoms. The number of aromatic hydroxyl groups is 1. The summed E-state index contributed by atoms with van der Waals surface area (Å²) >= 11 is 2.03. The number of phenolic OH excluding ortho intramolecular Hbond substituents is 1. The molecule has 0 heterocycles. The van der Waals surface area contributed by atoms with Crippen LogP contribution in [0.25, 0.3) is 0 Å². The molecule has 1 atom stereocenters. The Balaban J connectivity index is 2.97. The maximum atomic E-state index is 12.3. The smallest absolute Gasteiger partial charge is 0.253 e. The summed E-state index contributed by atoms with van der Waals surface area (Å²) in [4.78, 5) is 14.0. The number of carbonyl (C=O) groups is 1. The summed E-state index contributed by atoms with van der Waals surface area (Å²) in [7, 11) is 1.80. The standard InChI is InChI=1S/C14H20INO2/c1-9(14(2,3)4)16(5)13(18)10-6-7-11(15)12(17)8-10/h6-9,17H,1-5H3. The van der Waals surface area contributed by atoms with Crippen molar-refractivity contribution >= 4 is 28.5 Å². The molecular formula is C14H20INO2. The molecule has 1 unspecified atom stereocenters. The molecule has 0 saturated carbocycles. The van der Waals surface area contributed by atoms with Gasteiger partial charge in [0, 0.05) is 18.7 Å². The van der Waals surface area contributed by atoms with Crippen LogP contribution in [0.1, 0.15) is 38.1 Å². The van der Waals surface area contributed by atoms with Crippen LogP contribution < -0.4 is 0 Å². The van der Waals surface area contributed by atoms with Crippen LogP contribution in [-0.4, -0.2) is 29.0 Å². The molecule has 1 amide bonds. The Morgan fingerprint density at radius 3 is 2.39 bits per heavy atom. The molecule has 1 rings (SSSR count). The molecule has 0 aliphatic heterocycles. The van der Waals surface area contributed by atoms with E-state index in [-0.39, 0.29) is 23.1 Å². The van der Waals surface area contributed by atoms with Gasteiger partial charge >= 0.3 is 0 Å². The Hall–Kier alpha value is -0.780. The van der Waals surface area contributed by atoms with Gasteiger partial charge in [-0.3, -0.25) is 4.79 Å². The van der Waals surface area contributed by atoms with E-state index in [1.165, 1.54) is 6.07 Å². The minimum atomic E-state index is -0.0656. The van der Waals surface area contributed by atoms with Crippen molar-refractivity contribution in [3.05, 3.63) is 27.3 Å². The molecule has 0 aromatic heterocycles. The van der Waals surface area contributed by atoms with Gasteiger partial charge in [0.25, 0.3) is 5.91 Å². The van der Waals surface area contributed by atoms with Crippen molar-refractivity contribution in [1.82, 2.24) is 4.90 Å². The molecule has 3 nitrogen and oxygen atoms in total. The van der Waals surface area contributed by atoms with E-state index in [1.54, 1.807) is 24.1 Å². The van der Waals surface area contributed by atoms with Crippen molar-refractivity contribution in [3.8, 4) is 5.75 Å². The topological polar surface area (TPSA) is 40.5 Å². The summed E-state index contributed by atoms with van der Waals surface area (Å²) < 4.78 is 0.746. The summed E-state index contributed by atoms with van der Waals surface area (Å²) in [5, 5.41) is 9.65. The van der Waals surface area contributed by atoms with Gasteiger partial charge in [0.1, 0.15) is 5.75 Å².